The molecule has 2 heterocycles. The molecule has 0 saturated carbocycles. The molecule has 0 spiro atoms. The molecule has 0 bridgehead atoms. The lowest BCUT2D eigenvalue weighted by Crippen LogP contribution is -2.38. The monoisotopic (exact) mass is 639 g/mol. The molecule has 3 aromatic rings. The lowest BCUT2D eigenvalue weighted by atomic mass is 10.1. The minimum absolute atomic E-state index is 0.0217. The molecule has 40 heavy (non-hydrogen) atoms. The minimum atomic E-state index is -4.20. The maximum absolute atomic E-state index is 13.0. The molecule has 0 saturated heterocycles. The highest BCUT2D eigenvalue weighted by Crippen LogP contribution is 2.41. The van der Waals surface area contributed by atoms with Gasteiger partial charge in [0.1, 0.15) is 16.5 Å². The van der Waals surface area contributed by atoms with Crippen molar-refractivity contribution in [1.82, 2.24) is 4.90 Å². The highest BCUT2D eigenvalue weighted by molar-refractivity contribution is 9.10. The molecule has 12 heteroatoms. The number of nitrogens with one attached hydrogen (secondary N) is 1. The van der Waals surface area contributed by atoms with Gasteiger partial charge in [-0.2, -0.15) is 13.4 Å². The van der Waals surface area contributed by atoms with Gasteiger partial charge in [-0.25, -0.2) is 0 Å². The van der Waals surface area contributed by atoms with Crippen molar-refractivity contribution in [3.05, 3.63) is 93.3 Å². The summed E-state index contributed by atoms with van der Waals surface area (Å²) in [6.07, 6.45) is 1.52. The molecule has 0 aromatic heterocycles. The van der Waals surface area contributed by atoms with Gasteiger partial charge in [-0.3, -0.25) is 15.1 Å². The quantitative estimate of drug-likeness (QED) is 0.238. The van der Waals surface area contributed by atoms with Crippen LogP contribution in [0.1, 0.15) is 18.1 Å². The topological polar surface area (TPSA) is 118 Å². The predicted octanol–water partition coefficient (Wildman–Crippen LogP) is 5.93. The lowest BCUT2D eigenvalue weighted by molar-refractivity contribution is -0.114. The van der Waals surface area contributed by atoms with Gasteiger partial charge < -0.3 is 13.7 Å². The van der Waals surface area contributed by atoms with Gasteiger partial charge in [-0.05, 0) is 76.5 Å². The van der Waals surface area contributed by atoms with Crippen LogP contribution in [0.3, 0.4) is 0 Å². The number of ether oxygens (including phenoxy) is 2. The molecule has 0 aliphatic carbocycles. The molecule has 204 valence electrons. The summed E-state index contributed by atoms with van der Waals surface area (Å²) in [4.78, 5) is 18.7. The number of nitrogens with zero attached hydrogens (tertiary/aromatic N) is 2. The van der Waals surface area contributed by atoms with E-state index in [1.807, 2.05) is 35.7 Å². The van der Waals surface area contributed by atoms with Gasteiger partial charge >= 0.3 is 10.1 Å². The molecule has 9 nitrogen and oxygen atoms in total. The smallest absolute Gasteiger partial charge is 0.339 e. The summed E-state index contributed by atoms with van der Waals surface area (Å²) in [5, 5.41) is 11.1. The number of hydrogen-bond acceptors (Lipinski definition) is 8. The van der Waals surface area contributed by atoms with Gasteiger partial charge in [0, 0.05) is 5.41 Å². The highest BCUT2D eigenvalue weighted by atomic mass is 79.9. The number of halogens is 1. The van der Waals surface area contributed by atoms with Gasteiger partial charge in [-0.15, -0.1) is 0 Å². The maximum Gasteiger partial charge on any atom is 0.339 e. The van der Waals surface area contributed by atoms with Crippen molar-refractivity contribution in [3.8, 4) is 17.2 Å². The van der Waals surface area contributed by atoms with Crippen LogP contribution in [0.2, 0.25) is 0 Å². The van der Waals surface area contributed by atoms with Crippen LogP contribution in [0.4, 0.5) is 0 Å². The van der Waals surface area contributed by atoms with Crippen molar-refractivity contribution in [1.29, 1.82) is 5.41 Å². The third kappa shape index (κ3) is 5.42. The summed E-state index contributed by atoms with van der Waals surface area (Å²) in [6.45, 7) is 1.98. The Labute approximate surface area is 243 Å². The fraction of sp³-hybridized carbons (Fsp3) is 0.107. The van der Waals surface area contributed by atoms with Crippen molar-refractivity contribution >= 4 is 66.5 Å². The van der Waals surface area contributed by atoms with E-state index in [0.29, 0.717) is 16.5 Å². The highest BCUT2D eigenvalue weighted by Gasteiger charge is 2.36. The van der Waals surface area contributed by atoms with Crippen LogP contribution >= 0.6 is 27.7 Å². The first-order valence-corrected chi connectivity index (χ1v) is 15.0. The van der Waals surface area contributed by atoms with Crippen molar-refractivity contribution in [2.75, 3.05) is 13.7 Å². The fourth-order valence-electron chi connectivity index (χ4n) is 4.00. The number of fused-ring (bicyclic) bond motifs is 1. The number of carbonyl (C=O) groups excluding carboxylic acids is 1. The summed E-state index contributed by atoms with van der Waals surface area (Å²) in [6, 6.07) is 18.5. The van der Waals surface area contributed by atoms with Crippen LogP contribution in [0.15, 0.2) is 92.1 Å². The number of carbonyl (C=O) groups is 1. The molecule has 3 aromatic carbocycles. The Morgan fingerprint density at radius 1 is 1.10 bits per heavy atom. The van der Waals surface area contributed by atoms with E-state index < -0.39 is 16.0 Å². The van der Waals surface area contributed by atoms with E-state index in [-0.39, 0.29) is 38.9 Å². The number of thioether (sulfide) groups is 1. The van der Waals surface area contributed by atoms with E-state index in [1.165, 1.54) is 49.2 Å². The molecule has 2 aliphatic rings. The van der Waals surface area contributed by atoms with E-state index in [4.69, 9.17) is 19.1 Å². The van der Waals surface area contributed by atoms with E-state index in [2.05, 4.69) is 20.9 Å². The van der Waals surface area contributed by atoms with Gasteiger partial charge in [0.05, 0.1) is 29.5 Å². The molecular weight excluding hydrogens is 618 g/mol. The van der Waals surface area contributed by atoms with Gasteiger partial charge in [-0.1, -0.05) is 42.1 Å². The zero-order valence-corrected chi connectivity index (χ0v) is 24.5. The summed E-state index contributed by atoms with van der Waals surface area (Å²) < 4.78 is 42.5. The van der Waals surface area contributed by atoms with Gasteiger partial charge in [0.2, 0.25) is 0 Å². The Morgan fingerprint density at radius 2 is 1.82 bits per heavy atom. The molecule has 2 aliphatic heterocycles. The van der Waals surface area contributed by atoms with E-state index >= 15 is 0 Å². The van der Waals surface area contributed by atoms with Crippen molar-refractivity contribution in [2.24, 2.45) is 4.99 Å². The Morgan fingerprint density at radius 3 is 2.50 bits per heavy atom. The standard InChI is InChI=1S/C28H22BrN3O6S2/c1-3-37-24-15-17(14-22(29)25(24)38-40(34,35)20-11-9-19(36-2)10-12-20)13-21-26(30)32-23(18-7-5-4-6-8-18)16-39-28(32)31-27(21)33/h4-16,30H,3H2,1-2H3/b21-13-,30-26?. The van der Waals surface area contributed by atoms with Crippen LogP contribution in [0.25, 0.3) is 11.8 Å². The number of benzene rings is 3. The minimum Gasteiger partial charge on any atom is -0.497 e. The normalized spacial score (nSPS) is 16.0. The second-order valence-corrected chi connectivity index (χ2v) is 11.6. The molecule has 0 fully saturated rings. The van der Waals surface area contributed by atoms with Crippen LogP contribution in [0, 0.1) is 5.41 Å². The third-order valence-electron chi connectivity index (χ3n) is 5.87. The Kier molecular flexibility index (Phi) is 7.83. The fourth-order valence-corrected chi connectivity index (χ4v) is 6.49. The number of methoxy groups -OCH3 is 1. The van der Waals surface area contributed by atoms with Gasteiger partial charge in [0.25, 0.3) is 5.91 Å². The van der Waals surface area contributed by atoms with E-state index in [9.17, 15) is 13.2 Å². The molecule has 5 rings (SSSR count). The van der Waals surface area contributed by atoms with Gasteiger partial charge in [0.15, 0.2) is 16.7 Å². The Bertz CT molecular complexity index is 1700. The Balaban J connectivity index is 1.49. The number of hydrogen-bond donors (Lipinski definition) is 1. The van der Waals surface area contributed by atoms with Crippen molar-refractivity contribution in [3.63, 3.8) is 0 Å². The Hall–Kier alpha value is -3.87. The third-order valence-corrected chi connectivity index (χ3v) is 8.52. The molecule has 0 atom stereocenters. The van der Waals surface area contributed by atoms with E-state index in [0.717, 1.165) is 11.3 Å². The molecule has 1 N–H and O–H groups in total. The number of rotatable bonds is 8. The van der Waals surface area contributed by atoms with Crippen LogP contribution in [-0.2, 0) is 14.9 Å². The first kappa shape index (κ1) is 27.7. The van der Waals surface area contributed by atoms with E-state index in [1.54, 1.807) is 24.0 Å². The molecular formula is C28H22BrN3O6S2. The zero-order chi connectivity index (χ0) is 28.4. The summed E-state index contributed by atoms with van der Waals surface area (Å²) in [7, 11) is -2.72. The number of amidine groups is 2. The summed E-state index contributed by atoms with van der Waals surface area (Å²) in [5.74, 6) is 0.0251. The molecule has 1 amide bonds. The van der Waals surface area contributed by atoms with Crippen LogP contribution in [0.5, 0.6) is 17.2 Å². The number of aliphatic imine (C=N–C) groups is 1. The first-order chi connectivity index (χ1) is 19.2. The summed E-state index contributed by atoms with van der Waals surface area (Å²) >= 11 is 4.67. The zero-order valence-electron chi connectivity index (χ0n) is 21.3. The predicted molar refractivity (Wildman–Crippen MR) is 158 cm³/mol. The van der Waals surface area contributed by atoms with Crippen molar-refractivity contribution < 1.29 is 26.9 Å². The average molecular weight is 641 g/mol. The van der Waals surface area contributed by atoms with Crippen LogP contribution < -0.4 is 13.7 Å². The SMILES string of the molecule is CCOc1cc(/C=C2/C(=N)N3C(c4ccccc4)=CSC3=NC2=O)cc(Br)c1OS(=O)(=O)c1ccc(OC)cc1. The summed E-state index contributed by atoms with van der Waals surface area (Å²) in [5.41, 5.74) is 2.19. The lowest BCUT2D eigenvalue weighted by Gasteiger charge is -2.27. The van der Waals surface area contributed by atoms with Crippen molar-refractivity contribution in [2.45, 2.75) is 11.8 Å². The second-order valence-electron chi connectivity index (χ2n) is 8.40. The number of amides is 1. The average Bonchev–Trinajstić information content (AvgIpc) is 3.37. The largest absolute Gasteiger partial charge is 0.497 e. The van der Waals surface area contributed by atoms with Crippen LogP contribution in [-0.4, -0.2) is 43.9 Å². The second kappa shape index (κ2) is 11.3. The first-order valence-electron chi connectivity index (χ1n) is 11.9. The molecule has 0 radical (unpaired) electrons. The molecule has 0 unspecified atom stereocenters. The maximum atomic E-state index is 13.0.